The normalized spacial score (nSPS) is 30.7. The quantitative estimate of drug-likeness (QED) is 0.412. The van der Waals surface area contributed by atoms with Gasteiger partial charge in [-0.15, -0.1) is 23.2 Å². The van der Waals surface area contributed by atoms with E-state index in [9.17, 15) is 0 Å². The first kappa shape index (κ1) is 16.7. The number of unbranched alkanes of at least 4 members (excludes halogenated alkanes) is 3. The first-order valence-corrected chi connectivity index (χ1v) is 9.97. The van der Waals surface area contributed by atoms with Crippen LogP contribution in [-0.2, 0) is 12.8 Å². The molecule has 0 spiro atoms. The first-order valence-electron chi connectivity index (χ1n) is 9.10. The van der Waals surface area contributed by atoms with E-state index in [2.05, 4.69) is 25.1 Å². The molecule has 3 rings (SSSR count). The fraction of sp³-hybridized carbons (Fsp3) is 0.700. The molecule has 0 radical (unpaired) electrons. The molecule has 0 nitrogen and oxygen atoms in total. The van der Waals surface area contributed by atoms with Crippen LogP contribution in [0, 0.1) is 5.92 Å². The maximum atomic E-state index is 6.71. The van der Waals surface area contributed by atoms with Crippen LogP contribution >= 0.6 is 23.2 Å². The molecule has 122 valence electrons. The van der Waals surface area contributed by atoms with Gasteiger partial charge in [0.05, 0.1) is 0 Å². The van der Waals surface area contributed by atoms with E-state index in [1.54, 1.807) is 11.1 Å². The summed E-state index contributed by atoms with van der Waals surface area (Å²) in [6, 6.07) is 7.12. The number of hydrogen-bond donors (Lipinski definition) is 0. The lowest BCUT2D eigenvalue weighted by molar-refractivity contribution is 0.429. The van der Waals surface area contributed by atoms with Crippen LogP contribution < -0.4 is 0 Å². The van der Waals surface area contributed by atoms with Gasteiger partial charge in [0.2, 0.25) is 0 Å². The number of rotatable bonds is 6. The average Bonchev–Trinajstić information content (AvgIpc) is 3.07. The molecule has 2 aliphatic rings. The number of hydrogen-bond acceptors (Lipinski definition) is 0. The molecule has 1 fully saturated rings. The Morgan fingerprint density at radius 2 is 1.82 bits per heavy atom. The smallest absolute Gasteiger partial charge is 0.0421 e. The predicted octanol–water partition coefficient (Wildman–Crippen LogP) is 6.46. The topological polar surface area (TPSA) is 0 Å². The molecule has 0 heterocycles. The molecular weight excluding hydrogens is 311 g/mol. The largest absolute Gasteiger partial charge is 0.123 e. The summed E-state index contributed by atoms with van der Waals surface area (Å²) in [6.07, 6.45) is 11.3. The Kier molecular flexibility index (Phi) is 5.74. The van der Waals surface area contributed by atoms with Crippen molar-refractivity contribution in [2.24, 2.45) is 5.92 Å². The van der Waals surface area contributed by atoms with Crippen molar-refractivity contribution >= 4 is 23.2 Å². The summed E-state index contributed by atoms with van der Waals surface area (Å²) in [7, 11) is 0. The van der Waals surface area contributed by atoms with Crippen molar-refractivity contribution in [1.29, 1.82) is 0 Å². The maximum absolute atomic E-state index is 6.71. The minimum absolute atomic E-state index is 0.207. The van der Waals surface area contributed by atoms with E-state index >= 15 is 0 Å². The van der Waals surface area contributed by atoms with Crippen LogP contribution in [0.4, 0.5) is 0 Å². The minimum Gasteiger partial charge on any atom is -0.123 e. The van der Waals surface area contributed by atoms with Crippen LogP contribution in [0.5, 0.6) is 0 Å². The van der Waals surface area contributed by atoms with Crippen molar-refractivity contribution < 1.29 is 0 Å². The van der Waals surface area contributed by atoms with Crippen molar-refractivity contribution in [3.8, 4) is 0 Å². The van der Waals surface area contributed by atoms with Crippen molar-refractivity contribution in [2.45, 2.75) is 81.4 Å². The zero-order chi connectivity index (χ0) is 15.5. The van der Waals surface area contributed by atoms with Crippen molar-refractivity contribution in [3.63, 3.8) is 0 Å². The zero-order valence-corrected chi connectivity index (χ0v) is 15.2. The molecule has 0 aromatic heterocycles. The molecule has 0 amide bonds. The zero-order valence-electron chi connectivity index (χ0n) is 13.7. The summed E-state index contributed by atoms with van der Waals surface area (Å²) in [5, 5.41) is 0.459. The van der Waals surface area contributed by atoms with Gasteiger partial charge in [0.25, 0.3) is 0 Å². The fourth-order valence-electron chi connectivity index (χ4n) is 4.45. The molecule has 2 aliphatic carbocycles. The van der Waals surface area contributed by atoms with Gasteiger partial charge in [-0.3, -0.25) is 0 Å². The molecule has 1 aromatic carbocycles. The van der Waals surface area contributed by atoms with Crippen LogP contribution in [0.1, 0.15) is 74.5 Å². The molecule has 0 N–H and O–H groups in total. The van der Waals surface area contributed by atoms with Gasteiger partial charge < -0.3 is 0 Å². The molecule has 4 atom stereocenters. The monoisotopic (exact) mass is 338 g/mol. The van der Waals surface area contributed by atoms with Crippen molar-refractivity contribution in [3.05, 3.63) is 34.9 Å². The minimum atomic E-state index is 0.207. The van der Waals surface area contributed by atoms with Crippen LogP contribution in [0.25, 0.3) is 0 Å². The van der Waals surface area contributed by atoms with E-state index < -0.39 is 0 Å². The van der Waals surface area contributed by atoms with E-state index in [0.717, 1.165) is 6.42 Å². The van der Waals surface area contributed by atoms with E-state index in [0.29, 0.717) is 11.8 Å². The van der Waals surface area contributed by atoms with Gasteiger partial charge in [0.15, 0.2) is 0 Å². The van der Waals surface area contributed by atoms with E-state index in [4.69, 9.17) is 23.2 Å². The van der Waals surface area contributed by atoms with Gasteiger partial charge in [0.1, 0.15) is 0 Å². The standard InChI is InChI=1S/C20H28Cl2/c1-2-3-4-5-9-17-18(21)13-19(22)20(17)16-11-10-14-7-6-8-15(14)12-16/h10-12,17-20H,2-9,13H2,1H3. The molecule has 0 saturated heterocycles. The Balaban J connectivity index is 1.74. The third-order valence-electron chi connectivity index (χ3n) is 5.66. The van der Waals surface area contributed by atoms with E-state index in [1.807, 2.05) is 0 Å². The van der Waals surface area contributed by atoms with E-state index in [1.165, 1.54) is 56.9 Å². The van der Waals surface area contributed by atoms with Crippen molar-refractivity contribution in [1.82, 2.24) is 0 Å². The number of aryl methyl sites for hydroxylation is 2. The second-order valence-electron chi connectivity index (χ2n) is 7.19. The summed E-state index contributed by atoms with van der Waals surface area (Å²) >= 11 is 13.4. The summed E-state index contributed by atoms with van der Waals surface area (Å²) in [6.45, 7) is 2.27. The van der Waals surface area contributed by atoms with Crippen LogP contribution in [-0.4, -0.2) is 10.8 Å². The molecule has 2 heteroatoms. The molecule has 4 unspecified atom stereocenters. The third kappa shape index (κ3) is 3.49. The SMILES string of the molecule is CCCCCCC1C(Cl)CC(Cl)C1c1ccc2c(c1)CCC2. The fourth-order valence-corrected chi connectivity index (χ4v) is 5.54. The van der Waals surface area contributed by atoms with Gasteiger partial charge in [0, 0.05) is 16.7 Å². The Labute approximate surface area is 145 Å². The lowest BCUT2D eigenvalue weighted by atomic mass is 9.84. The summed E-state index contributed by atoms with van der Waals surface area (Å²) in [5.74, 6) is 1.01. The molecule has 1 aromatic rings. The first-order chi connectivity index (χ1) is 10.7. The Morgan fingerprint density at radius 1 is 1.00 bits per heavy atom. The van der Waals surface area contributed by atoms with E-state index in [-0.39, 0.29) is 10.8 Å². The molecule has 22 heavy (non-hydrogen) atoms. The van der Waals surface area contributed by atoms with Gasteiger partial charge in [-0.1, -0.05) is 50.8 Å². The van der Waals surface area contributed by atoms with Crippen molar-refractivity contribution in [2.75, 3.05) is 0 Å². The van der Waals surface area contributed by atoms with Gasteiger partial charge in [-0.2, -0.15) is 0 Å². The number of halogens is 2. The summed E-state index contributed by atoms with van der Waals surface area (Å²) in [5.41, 5.74) is 4.56. The van der Waals surface area contributed by atoms with Crippen LogP contribution in [0.2, 0.25) is 0 Å². The van der Waals surface area contributed by atoms with Crippen LogP contribution in [0.15, 0.2) is 18.2 Å². The number of fused-ring (bicyclic) bond motifs is 1. The molecular formula is C20H28Cl2. The highest BCUT2D eigenvalue weighted by Crippen LogP contribution is 2.48. The Morgan fingerprint density at radius 3 is 2.64 bits per heavy atom. The highest BCUT2D eigenvalue weighted by Gasteiger charge is 2.42. The Bertz CT molecular complexity index is 496. The average molecular weight is 339 g/mol. The lowest BCUT2D eigenvalue weighted by Gasteiger charge is -2.24. The van der Waals surface area contributed by atoms with Gasteiger partial charge in [-0.25, -0.2) is 0 Å². The maximum Gasteiger partial charge on any atom is 0.0421 e. The molecule has 0 aliphatic heterocycles. The number of alkyl halides is 2. The summed E-state index contributed by atoms with van der Waals surface area (Å²) < 4.78 is 0. The number of benzene rings is 1. The van der Waals surface area contributed by atoms with Gasteiger partial charge in [-0.05, 0) is 54.7 Å². The highest BCUT2D eigenvalue weighted by molar-refractivity contribution is 6.25. The second-order valence-corrected chi connectivity index (χ2v) is 8.31. The second kappa shape index (κ2) is 7.58. The third-order valence-corrected chi connectivity index (χ3v) is 6.62. The highest BCUT2D eigenvalue weighted by atomic mass is 35.5. The van der Waals surface area contributed by atoms with Crippen LogP contribution in [0.3, 0.4) is 0 Å². The Hall–Kier alpha value is -0.200. The molecule has 1 saturated carbocycles. The van der Waals surface area contributed by atoms with Gasteiger partial charge >= 0.3 is 0 Å². The lowest BCUT2D eigenvalue weighted by Crippen LogP contribution is -2.17. The predicted molar refractivity (Wildman–Crippen MR) is 97.4 cm³/mol. The molecule has 0 bridgehead atoms. The summed E-state index contributed by atoms with van der Waals surface area (Å²) in [4.78, 5) is 0.